The van der Waals surface area contributed by atoms with Crippen LogP contribution in [0.25, 0.3) is 0 Å². The second kappa shape index (κ2) is 6.99. The first kappa shape index (κ1) is 15.3. The van der Waals surface area contributed by atoms with Crippen molar-refractivity contribution in [2.45, 2.75) is 27.2 Å². The van der Waals surface area contributed by atoms with Crippen molar-refractivity contribution < 1.29 is 14.3 Å². The van der Waals surface area contributed by atoms with Gasteiger partial charge in [-0.2, -0.15) is 0 Å². The Labute approximate surface area is 117 Å². The zero-order valence-electron chi connectivity index (χ0n) is 11.2. The molecule has 0 saturated carbocycles. The minimum Gasteiger partial charge on any atom is -0.484 e. The number of hydrazine groups is 1. The summed E-state index contributed by atoms with van der Waals surface area (Å²) in [5, 5.41) is 0.687. The highest BCUT2D eigenvalue weighted by atomic mass is 35.5. The molecule has 0 aromatic heterocycles. The number of benzene rings is 1. The first-order valence-corrected chi connectivity index (χ1v) is 6.29. The van der Waals surface area contributed by atoms with E-state index in [1.165, 1.54) is 0 Å². The van der Waals surface area contributed by atoms with Crippen LogP contribution in [-0.2, 0) is 9.59 Å². The number of halogens is 1. The molecule has 1 rings (SSSR count). The van der Waals surface area contributed by atoms with Crippen LogP contribution in [0.1, 0.15) is 24.5 Å². The van der Waals surface area contributed by atoms with Crippen LogP contribution in [-0.4, -0.2) is 18.4 Å². The van der Waals surface area contributed by atoms with Gasteiger partial charge in [0.15, 0.2) is 6.61 Å². The average molecular weight is 285 g/mol. The zero-order valence-corrected chi connectivity index (χ0v) is 11.9. The minimum atomic E-state index is -0.424. The van der Waals surface area contributed by atoms with Crippen molar-refractivity contribution in [2.24, 2.45) is 0 Å². The molecule has 1 aromatic carbocycles. The minimum absolute atomic E-state index is 0.176. The van der Waals surface area contributed by atoms with Crippen molar-refractivity contribution in [1.82, 2.24) is 10.9 Å². The fraction of sp³-hybridized carbons (Fsp3) is 0.385. The zero-order chi connectivity index (χ0) is 14.4. The Morgan fingerprint density at radius 1 is 1.16 bits per heavy atom. The van der Waals surface area contributed by atoms with Crippen molar-refractivity contribution in [2.75, 3.05) is 6.61 Å². The summed E-state index contributed by atoms with van der Waals surface area (Å²) in [6, 6.07) is 3.51. The summed E-state index contributed by atoms with van der Waals surface area (Å²) in [5.74, 6) is -0.116. The second-order valence-electron chi connectivity index (χ2n) is 4.11. The molecule has 2 N–H and O–H groups in total. The molecule has 0 saturated heterocycles. The fourth-order valence-corrected chi connectivity index (χ4v) is 1.51. The normalized spacial score (nSPS) is 9.89. The molecule has 5 nitrogen and oxygen atoms in total. The predicted molar refractivity (Wildman–Crippen MR) is 73.0 cm³/mol. The number of carbonyl (C=O) groups is 2. The van der Waals surface area contributed by atoms with E-state index in [1.54, 1.807) is 19.1 Å². The molecular formula is C13H17ClN2O3. The van der Waals surface area contributed by atoms with E-state index in [2.05, 4.69) is 10.9 Å². The topological polar surface area (TPSA) is 67.4 Å². The van der Waals surface area contributed by atoms with Crippen molar-refractivity contribution >= 4 is 23.4 Å². The number of ether oxygens (including phenoxy) is 1. The molecule has 0 fully saturated rings. The summed E-state index contributed by atoms with van der Waals surface area (Å²) >= 11 is 6.03. The van der Waals surface area contributed by atoms with Crippen LogP contribution in [0.4, 0.5) is 0 Å². The van der Waals surface area contributed by atoms with E-state index < -0.39 is 5.91 Å². The van der Waals surface area contributed by atoms with Crippen LogP contribution in [0.15, 0.2) is 12.1 Å². The summed E-state index contributed by atoms with van der Waals surface area (Å²) in [6.45, 7) is 5.25. The molecule has 2 amide bonds. The highest BCUT2D eigenvalue weighted by molar-refractivity contribution is 6.32. The van der Waals surface area contributed by atoms with Gasteiger partial charge in [0.25, 0.3) is 5.91 Å². The lowest BCUT2D eigenvalue weighted by atomic mass is 10.1. The Morgan fingerprint density at radius 2 is 1.68 bits per heavy atom. The van der Waals surface area contributed by atoms with E-state index in [0.717, 1.165) is 11.1 Å². The summed E-state index contributed by atoms with van der Waals surface area (Å²) in [5.41, 5.74) is 6.29. The van der Waals surface area contributed by atoms with Gasteiger partial charge in [-0.1, -0.05) is 18.5 Å². The number of hydrogen-bond donors (Lipinski definition) is 2. The molecule has 0 atom stereocenters. The summed E-state index contributed by atoms with van der Waals surface area (Å²) in [7, 11) is 0. The third-order valence-electron chi connectivity index (χ3n) is 2.44. The average Bonchev–Trinajstić information content (AvgIpc) is 2.39. The first-order valence-electron chi connectivity index (χ1n) is 5.91. The Hall–Kier alpha value is -1.75. The summed E-state index contributed by atoms with van der Waals surface area (Å²) in [4.78, 5) is 22.3. The van der Waals surface area contributed by atoms with Gasteiger partial charge in [-0.25, -0.2) is 0 Å². The molecule has 6 heteroatoms. The quantitative estimate of drug-likeness (QED) is 0.830. The van der Waals surface area contributed by atoms with Crippen LogP contribution in [0, 0.1) is 13.8 Å². The molecule has 0 aliphatic heterocycles. The third-order valence-corrected chi connectivity index (χ3v) is 3.04. The van der Waals surface area contributed by atoms with Gasteiger partial charge in [-0.15, -0.1) is 0 Å². The van der Waals surface area contributed by atoms with E-state index in [4.69, 9.17) is 16.3 Å². The SMILES string of the molecule is CCC(=O)NNC(=O)COc1cc(C)c(Cl)c(C)c1. The monoisotopic (exact) mass is 284 g/mol. The van der Waals surface area contributed by atoms with Gasteiger partial charge in [-0.05, 0) is 37.1 Å². The molecule has 0 aliphatic carbocycles. The lowest BCUT2D eigenvalue weighted by Crippen LogP contribution is -2.43. The van der Waals surface area contributed by atoms with E-state index >= 15 is 0 Å². The number of carbonyl (C=O) groups excluding carboxylic acids is 2. The maximum Gasteiger partial charge on any atom is 0.276 e. The predicted octanol–water partition coefficient (Wildman–Crippen LogP) is 1.89. The van der Waals surface area contributed by atoms with E-state index in [-0.39, 0.29) is 12.5 Å². The maximum absolute atomic E-state index is 11.4. The van der Waals surface area contributed by atoms with Gasteiger partial charge in [0.2, 0.25) is 5.91 Å². The molecule has 1 aromatic rings. The van der Waals surface area contributed by atoms with Crippen molar-refractivity contribution in [3.63, 3.8) is 0 Å². The largest absolute Gasteiger partial charge is 0.484 e. The highest BCUT2D eigenvalue weighted by Crippen LogP contribution is 2.25. The maximum atomic E-state index is 11.4. The molecule has 0 heterocycles. The van der Waals surface area contributed by atoms with Crippen LogP contribution >= 0.6 is 11.6 Å². The Kier molecular flexibility index (Phi) is 5.63. The van der Waals surface area contributed by atoms with Crippen molar-refractivity contribution in [3.05, 3.63) is 28.3 Å². The van der Waals surface area contributed by atoms with Gasteiger partial charge in [0, 0.05) is 11.4 Å². The molecular weight excluding hydrogens is 268 g/mol. The fourth-order valence-electron chi connectivity index (χ4n) is 1.40. The summed E-state index contributed by atoms with van der Waals surface area (Å²) < 4.78 is 5.33. The summed E-state index contributed by atoms with van der Waals surface area (Å²) in [6.07, 6.45) is 0.302. The molecule has 0 aliphatic rings. The van der Waals surface area contributed by atoms with Crippen molar-refractivity contribution in [3.8, 4) is 5.75 Å². The van der Waals surface area contributed by atoms with Crippen molar-refractivity contribution in [1.29, 1.82) is 0 Å². The molecule has 0 unspecified atom stereocenters. The molecule has 104 valence electrons. The van der Waals surface area contributed by atoms with Gasteiger partial charge < -0.3 is 4.74 Å². The van der Waals surface area contributed by atoms with Crippen LogP contribution in [0.5, 0.6) is 5.75 Å². The Balaban J connectivity index is 2.48. The molecule has 19 heavy (non-hydrogen) atoms. The second-order valence-corrected chi connectivity index (χ2v) is 4.49. The first-order chi connectivity index (χ1) is 8.93. The Bertz CT molecular complexity index is 466. The molecule has 0 spiro atoms. The van der Waals surface area contributed by atoms with Crippen LogP contribution in [0.3, 0.4) is 0 Å². The number of rotatable bonds is 4. The number of nitrogens with one attached hydrogen (secondary N) is 2. The van der Waals surface area contributed by atoms with Gasteiger partial charge in [0.1, 0.15) is 5.75 Å². The van der Waals surface area contributed by atoms with E-state index in [1.807, 2.05) is 13.8 Å². The van der Waals surface area contributed by atoms with Gasteiger partial charge >= 0.3 is 0 Å². The highest BCUT2D eigenvalue weighted by Gasteiger charge is 2.07. The van der Waals surface area contributed by atoms with Gasteiger partial charge in [0.05, 0.1) is 0 Å². The smallest absolute Gasteiger partial charge is 0.276 e. The van der Waals surface area contributed by atoms with Gasteiger partial charge in [-0.3, -0.25) is 20.4 Å². The molecule has 0 radical (unpaired) electrons. The number of hydrogen-bond acceptors (Lipinski definition) is 3. The standard InChI is InChI=1S/C13H17ClN2O3/c1-4-11(17)15-16-12(18)7-19-10-5-8(2)13(14)9(3)6-10/h5-6H,4,7H2,1-3H3,(H,15,17)(H,16,18). The third kappa shape index (κ3) is 4.79. The van der Waals surface area contributed by atoms with E-state index in [0.29, 0.717) is 17.2 Å². The lowest BCUT2D eigenvalue weighted by molar-refractivity contribution is -0.129. The Morgan fingerprint density at radius 3 is 2.21 bits per heavy atom. The number of amides is 2. The van der Waals surface area contributed by atoms with Crippen LogP contribution < -0.4 is 15.6 Å². The van der Waals surface area contributed by atoms with Crippen LogP contribution in [0.2, 0.25) is 5.02 Å². The van der Waals surface area contributed by atoms with E-state index in [9.17, 15) is 9.59 Å². The number of aryl methyl sites for hydroxylation is 2. The molecule has 0 bridgehead atoms. The lowest BCUT2D eigenvalue weighted by Gasteiger charge is -2.10.